The zero-order chi connectivity index (χ0) is 17.0. The Morgan fingerprint density at radius 1 is 1.12 bits per heavy atom. The minimum absolute atomic E-state index is 0.148. The second-order valence-electron chi connectivity index (χ2n) is 6.66. The fraction of sp³-hybridized carbons (Fsp3) is 0.250. The number of hydrogen-bond donors (Lipinski definition) is 0. The fourth-order valence-electron chi connectivity index (χ4n) is 3.36. The van der Waals surface area contributed by atoms with E-state index in [4.69, 9.17) is 9.47 Å². The summed E-state index contributed by atoms with van der Waals surface area (Å²) in [5, 5.41) is 0. The third-order valence-corrected chi connectivity index (χ3v) is 4.88. The van der Waals surface area contributed by atoms with E-state index in [0.29, 0.717) is 24.1 Å². The summed E-state index contributed by atoms with van der Waals surface area (Å²) in [7, 11) is 0. The maximum absolute atomic E-state index is 13.1. The van der Waals surface area contributed by atoms with Gasteiger partial charge >= 0.3 is 0 Å². The lowest BCUT2D eigenvalue weighted by Crippen LogP contribution is -2.33. The van der Waals surface area contributed by atoms with Crippen LogP contribution in [0, 0.1) is 5.82 Å². The molecular weight excluding hydrogens is 321 g/mol. The summed E-state index contributed by atoms with van der Waals surface area (Å²) in [6.07, 6.45) is 4.04. The number of ether oxygens (including phenoxy) is 2. The first-order valence-corrected chi connectivity index (χ1v) is 8.41. The van der Waals surface area contributed by atoms with Gasteiger partial charge in [-0.05, 0) is 48.7 Å². The molecule has 2 aromatic carbocycles. The van der Waals surface area contributed by atoms with Gasteiger partial charge in [0.15, 0.2) is 5.76 Å². The lowest BCUT2D eigenvalue weighted by atomic mass is 10.0. The first kappa shape index (κ1) is 14.7. The molecular formula is C20H16FNO3. The monoisotopic (exact) mass is 337 g/mol. The van der Waals surface area contributed by atoms with Crippen molar-refractivity contribution in [2.24, 2.45) is 0 Å². The van der Waals surface area contributed by atoms with Gasteiger partial charge in [0, 0.05) is 12.6 Å². The van der Waals surface area contributed by atoms with Gasteiger partial charge in [-0.1, -0.05) is 12.1 Å². The summed E-state index contributed by atoms with van der Waals surface area (Å²) < 4.78 is 24.8. The van der Waals surface area contributed by atoms with Crippen LogP contribution in [0.4, 0.5) is 4.39 Å². The zero-order valence-electron chi connectivity index (χ0n) is 13.5. The highest BCUT2D eigenvalue weighted by molar-refractivity contribution is 6.15. The number of nitrogens with zero attached hydrogens (tertiary/aromatic N) is 1. The van der Waals surface area contributed by atoms with Gasteiger partial charge in [0.05, 0.1) is 11.1 Å². The maximum Gasteiger partial charge on any atom is 0.231 e. The van der Waals surface area contributed by atoms with Crippen LogP contribution < -0.4 is 9.47 Å². The summed E-state index contributed by atoms with van der Waals surface area (Å²) in [6, 6.07) is 10.2. The fourth-order valence-corrected chi connectivity index (χ4v) is 3.36. The Morgan fingerprint density at radius 2 is 1.92 bits per heavy atom. The first-order chi connectivity index (χ1) is 12.2. The molecule has 0 atom stereocenters. The molecule has 0 aromatic heterocycles. The van der Waals surface area contributed by atoms with Gasteiger partial charge in [-0.3, -0.25) is 9.69 Å². The predicted octanol–water partition coefficient (Wildman–Crippen LogP) is 3.76. The molecule has 5 heteroatoms. The molecule has 2 aliphatic heterocycles. The quantitative estimate of drug-likeness (QED) is 0.782. The molecule has 0 unspecified atom stereocenters. The van der Waals surface area contributed by atoms with E-state index in [9.17, 15) is 9.18 Å². The molecule has 25 heavy (non-hydrogen) atoms. The molecule has 1 saturated carbocycles. The molecule has 126 valence electrons. The second kappa shape index (κ2) is 5.43. The molecule has 0 saturated heterocycles. The van der Waals surface area contributed by atoms with E-state index in [-0.39, 0.29) is 17.4 Å². The van der Waals surface area contributed by atoms with E-state index in [1.165, 1.54) is 25.0 Å². The minimum Gasteiger partial charge on any atom is -0.478 e. The Labute approximate surface area is 144 Å². The number of fused-ring (bicyclic) bond motifs is 3. The van der Waals surface area contributed by atoms with Crippen molar-refractivity contribution < 1.29 is 18.7 Å². The molecule has 0 bridgehead atoms. The number of carbonyl (C=O) groups is 1. The summed E-state index contributed by atoms with van der Waals surface area (Å²) in [5.41, 5.74) is 2.22. The standard InChI is InChI=1S/C20H16FNO3/c21-13-3-1-12(2-4-13)9-18-19(23)15-7-8-17-16(20(15)25-18)10-22(11-24-17)14-5-6-14/h1-4,7-9,14H,5-6,10-11H2/b18-9-. The van der Waals surface area contributed by atoms with E-state index in [2.05, 4.69) is 4.90 Å². The highest BCUT2D eigenvalue weighted by Crippen LogP contribution is 2.43. The van der Waals surface area contributed by atoms with Gasteiger partial charge in [-0.25, -0.2) is 4.39 Å². The van der Waals surface area contributed by atoms with Crippen LogP contribution >= 0.6 is 0 Å². The number of hydrogen-bond acceptors (Lipinski definition) is 4. The number of allylic oxidation sites excluding steroid dienone is 1. The smallest absolute Gasteiger partial charge is 0.231 e. The molecule has 0 N–H and O–H groups in total. The molecule has 4 nitrogen and oxygen atoms in total. The minimum atomic E-state index is -0.310. The van der Waals surface area contributed by atoms with E-state index < -0.39 is 0 Å². The van der Waals surface area contributed by atoms with Crippen LogP contribution in [0.2, 0.25) is 0 Å². The number of Topliss-reactive ketones (excluding diaryl/α,β-unsaturated/α-hetero) is 1. The summed E-state index contributed by atoms with van der Waals surface area (Å²) >= 11 is 0. The van der Waals surface area contributed by atoms with Gasteiger partial charge in [-0.2, -0.15) is 0 Å². The van der Waals surface area contributed by atoms with E-state index in [1.807, 2.05) is 6.07 Å². The van der Waals surface area contributed by atoms with E-state index in [1.54, 1.807) is 24.3 Å². The van der Waals surface area contributed by atoms with Crippen molar-refractivity contribution >= 4 is 11.9 Å². The van der Waals surface area contributed by atoms with Gasteiger partial charge in [-0.15, -0.1) is 0 Å². The molecule has 0 amide bonds. The molecule has 5 rings (SSSR count). The Kier molecular flexibility index (Phi) is 3.18. The van der Waals surface area contributed by atoms with Crippen LogP contribution in [0.5, 0.6) is 11.5 Å². The van der Waals surface area contributed by atoms with Gasteiger partial charge in [0.25, 0.3) is 0 Å². The van der Waals surface area contributed by atoms with Crippen LogP contribution in [-0.2, 0) is 6.54 Å². The SMILES string of the molecule is O=C1/C(=C/c2ccc(F)cc2)Oc2c1ccc1c2CN(C2CC2)CO1. The first-order valence-electron chi connectivity index (χ1n) is 8.41. The largest absolute Gasteiger partial charge is 0.478 e. The molecule has 0 spiro atoms. The second-order valence-corrected chi connectivity index (χ2v) is 6.66. The van der Waals surface area contributed by atoms with Crippen molar-refractivity contribution in [2.75, 3.05) is 6.73 Å². The highest BCUT2D eigenvalue weighted by Gasteiger charge is 2.37. The van der Waals surface area contributed by atoms with Crippen LogP contribution in [0.1, 0.15) is 34.3 Å². The maximum atomic E-state index is 13.1. The third kappa shape index (κ3) is 2.51. The highest BCUT2D eigenvalue weighted by atomic mass is 19.1. The molecule has 0 radical (unpaired) electrons. The summed E-state index contributed by atoms with van der Waals surface area (Å²) in [4.78, 5) is 14.9. The molecule has 3 aliphatic rings. The Hall–Kier alpha value is -2.66. The van der Waals surface area contributed by atoms with Crippen LogP contribution in [0.3, 0.4) is 0 Å². The van der Waals surface area contributed by atoms with E-state index in [0.717, 1.165) is 23.4 Å². The van der Waals surface area contributed by atoms with Crippen molar-refractivity contribution in [1.29, 1.82) is 0 Å². The van der Waals surface area contributed by atoms with Crippen LogP contribution in [0.25, 0.3) is 6.08 Å². The van der Waals surface area contributed by atoms with Crippen LogP contribution in [0.15, 0.2) is 42.2 Å². The Balaban J connectivity index is 1.50. The topological polar surface area (TPSA) is 38.8 Å². The third-order valence-electron chi connectivity index (χ3n) is 4.88. The number of ketones is 1. The van der Waals surface area contributed by atoms with Gasteiger partial charge < -0.3 is 9.47 Å². The van der Waals surface area contributed by atoms with Gasteiger partial charge in [0.1, 0.15) is 24.0 Å². The van der Waals surface area contributed by atoms with Crippen LogP contribution in [-0.4, -0.2) is 23.5 Å². The normalized spacial score (nSPS) is 20.8. The van der Waals surface area contributed by atoms with Gasteiger partial charge in [0.2, 0.25) is 5.78 Å². The number of benzene rings is 2. The lowest BCUT2D eigenvalue weighted by Gasteiger charge is -2.29. The number of carbonyl (C=O) groups excluding carboxylic acids is 1. The lowest BCUT2D eigenvalue weighted by molar-refractivity contribution is 0.0868. The van der Waals surface area contributed by atoms with Crippen molar-refractivity contribution in [3.63, 3.8) is 0 Å². The van der Waals surface area contributed by atoms with Crippen molar-refractivity contribution in [3.8, 4) is 11.5 Å². The average molecular weight is 337 g/mol. The summed E-state index contributed by atoms with van der Waals surface area (Å²) in [6.45, 7) is 1.32. The van der Waals surface area contributed by atoms with Crippen molar-refractivity contribution in [2.45, 2.75) is 25.4 Å². The number of halogens is 1. The molecule has 2 heterocycles. The Bertz CT molecular complexity index is 900. The Morgan fingerprint density at radius 3 is 2.68 bits per heavy atom. The molecule has 2 aromatic rings. The van der Waals surface area contributed by atoms with Crippen molar-refractivity contribution in [3.05, 3.63) is 64.7 Å². The predicted molar refractivity (Wildman–Crippen MR) is 89.8 cm³/mol. The zero-order valence-corrected chi connectivity index (χ0v) is 13.5. The van der Waals surface area contributed by atoms with Crippen molar-refractivity contribution in [1.82, 2.24) is 4.90 Å². The molecule has 1 aliphatic carbocycles. The summed E-state index contributed by atoms with van der Waals surface area (Å²) in [5.74, 6) is 1.19. The number of rotatable bonds is 2. The molecule has 1 fully saturated rings. The average Bonchev–Trinajstić information content (AvgIpc) is 3.43. The van der Waals surface area contributed by atoms with E-state index >= 15 is 0 Å².